The number of anilines is 2. The molecule has 0 spiro atoms. The quantitative estimate of drug-likeness (QED) is 0.237. The van der Waals surface area contributed by atoms with Crippen molar-refractivity contribution in [3.05, 3.63) is 111 Å². The Bertz CT molecular complexity index is 1840. The van der Waals surface area contributed by atoms with Gasteiger partial charge in [-0.3, -0.25) is 9.36 Å². The molecule has 10 heteroatoms. The average Bonchev–Trinajstić information content (AvgIpc) is 2.96. The summed E-state index contributed by atoms with van der Waals surface area (Å²) in [6, 6.07) is 15.3. The van der Waals surface area contributed by atoms with Crippen molar-refractivity contribution in [1.29, 1.82) is 0 Å². The van der Waals surface area contributed by atoms with Gasteiger partial charge in [-0.1, -0.05) is 49.1 Å². The third-order valence-corrected chi connectivity index (χ3v) is 6.84. The van der Waals surface area contributed by atoms with Crippen LogP contribution in [0.2, 0.25) is 5.02 Å². The molecule has 3 N–H and O–H groups in total. The lowest BCUT2D eigenvalue weighted by Gasteiger charge is -2.21. The number of aryl methyl sites for hydroxylation is 1. The van der Waals surface area contributed by atoms with E-state index in [0.29, 0.717) is 44.5 Å². The van der Waals surface area contributed by atoms with Crippen LogP contribution in [0.3, 0.4) is 0 Å². The minimum atomic E-state index is -0.524. The first-order valence-corrected chi connectivity index (χ1v) is 13.5. The van der Waals surface area contributed by atoms with Crippen LogP contribution < -0.4 is 16.6 Å². The number of pyridine rings is 1. The van der Waals surface area contributed by atoms with E-state index in [1.807, 2.05) is 25.1 Å². The zero-order valence-corrected chi connectivity index (χ0v) is 23.3. The van der Waals surface area contributed by atoms with E-state index < -0.39 is 11.9 Å². The Labute approximate surface area is 241 Å². The summed E-state index contributed by atoms with van der Waals surface area (Å²) in [6.07, 6.45) is 5.41. The van der Waals surface area contributed by atoms with Crippen LogP contribution in [-0.4, -0.2) is 24.5 Å². The standard InChI is InChI=1S/C31H27ClFN7O/c1-3-4-7-20-8-5-9-23(16-20)40-30(39-26-11-6-10-25(32)27(26)31(40)41)19(2)38-29-24(28(34)36-18-37-29)15-14-22-13-12-21(33)17-35-22/h5-6,8-13,16-19H,3-4,7H2,1-2H3,(H3,34,36,37,38). The van der Waals surface area contributed by atoms with Gasteiger partial charge in [0, 0.05) is 0 Å². The lowest BCUT2D eigenvalue weighted by Crippen LogP contribution is -2.28. The van der Waals surface area contributed by atoms with Crippen molar-refractivity contribution in [3.8, 4) is 17.5 Å². The van der Waals surface area contributed by atoms with Gasteiger partial charge in [-0.05, 0) is 67.6 Å². The predicted octanol–water partition coefficient (Wildman–Crippen LogP) is 5.86. The third-order valence-electron chi connectivity index (χ3n) is 6.52. The van der Waals surface area contributed by atoms with Crippen LogP contribution in [0.4, 0.5) is 16.0 Å². The van der Waals surface area contributed by atoms with Gasteiger partial charge in [-0.25, -0.2) is 24.3 Å². The lowest BCUT2D eigenvalue weighted by atomic mass is 10.1. The Balaban J connectivity index is 1.61. The van der Waals surface area contributed by atoms with Crippen LogP contribution in [0.5, 0.6) is 0 Å². The molecule has 5 aromatic rings. The number of fused-ring (bicyclic) bond motifs is 1. The molecule has 0 aliphatic carbocycles. The van der Waals surface area contributed by atoms with Gasteiger partial charge in [0.1, 0.15) is 40.9 Å². The number of nitrogens with zero attached hydrogens (tertiary/aromatic N) is 5. The predicted molar refractivity (Wildman–Crippen MR) is 160 cm³/mol. The minimum Gasteiger partial charge on any atom is -0.382 e. The van der Waals surface area contributed by atoms with Crippen LogP contribution in [0.1, 0.15) is 55.4 Å². The maximum atomic E-state index is 14.0. The molecule has 3 heterocycles. The summed E-state index contributed by atoms with van der Waals surface area (Å²) in [7, 11) is 0. The number of nitrogens with one attached hydrogen (secondary N) is 1. The second kappa shape index (κ2) is 12.1. The zero-order chi connectivity index (χ0) is 28.9. The van der Waals surface area contributed by atoms with Gasteiger partial charge in [0.05, 0.1) is 33.9 Å². The number of unbranched alkanes of at least 4 members (excludes halogenated alkanes) is 1. The Morgan fingerprint density at radius 3 is 2.71 bits per heavy atom. The Kier molecular flexibility index (Phi) is 8.22. The molecule has 8 nitrogen and oxygen atoms in total. The normalized spacial score (nSPS) is 11.6. The highest BCUT2D eigenvalue weighted by molar-refractivity contribution is 6.35. The summed E-state index contributed by atoms with van der Waals surface area (Å²) >= 11 is 6.47. The summed E-state index contributed by atoms with van der Waals surface area (Å²) in [5.41, 5.74) is 8.87. The molecule has 1 atom stereocenters. The molecule has 0 amide bonds. The molecule has 3 aromatic heterocycles. The van der Waals surface area contributed by atoms with E-state index in [-0.39, 0.29) is 11.4 Å². The number of nitrogens with two attached hydrogens (primary N) is 1. The van der Waals surface area contributed by atoms with E-state index in [0.717, 1.165) is 31.0 Å². The van der Waals surface area contributed by atoms with Crippen molar-refractivity contribution >= 4 is 34.1 Å². The summed E-state index contributed by atoms with van der Waals surface area (Å²) < 4.78 is 14.8. The van der Waals surface area contributed by atoms with Crippen LogP contribution in [0, 0.1) is 17.7 Å². The molecule has 5 rings (SSSR count). The van der Waals surface area contributed by atoms with Gasteiger partial charge in [0.15, 0.2) is 0 Å². The molecule has 0 saturated carbocycles. The number of benzene rings is 2. The fraction of sp³-hybridized carbons (Fsp3) is 0.194. The second-order valence-electron chi connectivity index (χ2n) is 9.48. The van der Waals surface area contributed by atoms with Gasteiger partial charge in [0.25, 0.3) is 5.56 Å². The molecule has 206 valence electrons. The molecule has 0 aliphatic rings. The van der Waals surface area contributed by atoms with Gasteiger partial charge in [0.2, 0.25) is 0 Å². The molecule has 2 aromatic carbocycles. The number of halogens is 2. The molecule has 0 aliphatic heterocycles. The fourth-order valence-electron chi connectivity index (χ4n) is 4.46. The Morgan fingerprint density at radius 1 is 1.10 bits per heavy atom. The first-order chi connectivity index (χ1) is 19.9. The number of hydrogen-bond donors (Lipinski definition) is 2. The first-order valence-electron chi connectivity index (χ1n) is 13.2. The maximum absolute atomic E-state index is 14.0. The smallest absolute Gasteiger partial charge is 0.267 e. The summed E-state index contributed by atoms with van der Waals surface area (Å²) in [6.45, 7) is 4.01. The molecule has 1 unspecified atom stereocenters. The minimum absolute atomic E-state index is 0.156. The van der Waals surface area contributed by atoms with Crippen LogP contribution >= 0.6 is 11.6 Å². The molecule has 41 heavy (non-hydrogen) atoms. The second-order valence-corrected chi connectivity index (χ2v) is 9.89. The molecule has 0 saturated heterocycles. The number of aromatic nitrogens is 5. The van der Waals surface area contributed by atoms with Gasteiger partial charge >= 0.3 is 0 Å². The van der Waals surface area contributed by atoms with Gasteiger partial charge in [-0.2, -0.15) is 0 Å². The highest BCUT2D eigenvalue weighted by Gasteiger charge is 2.21. The summed E-state index contributed by atoms with van der Waals surface area (Å²) in [5.74, 6) is 6.31. The van der Waals surface area contributed by atoms with Crippen molar-refractivity contribution < 1.29 is 4.39 Å². The maximum Gasteiger partial charge on any atom is 0.267 e. The monoisotopic (exact) mass is 567 g/mol. The molecule has 0 radical (unpaired) electrons. The fourth-order valence-corrected chi connectivity index (χ4v) is 4.71. The number of nitrogen functional groups attached to an aromatic ring is 1. The lowest BCUT2D eigenvalue weighted by molar-refractivity contribution is 0.621. The average molecular weight is 568 g/mol. The van der Waals surface area contributed by atoms with E-state index in [2.05, 4.69) is 45.1 Å². The van der Waals surface area contributed by atoms with Crippen molar-refractivity contribution in [1.82, 2.24) is 24.5 Å². The van der Waals surface area contributed by atoms with E-state index >= 15 is 0 Å². The molecule has 0 fully saturated rings. The third kappa shape index (κ3) is 6.03. The molecular weight excluding hydrogens is 541 g/mol. The van der Waals surface area contributed by atoms with E-state index in [1.165, 1.54) is 18.5 Å². The molecular formula is C31H27ClFN7O. The highest BCUT2D eigenvalue weighted by atomic mass is 35.5. The Hall–Kier alpha value is -4.81. The number of rotatable bonds is 7. The summed E-state index contributed by atoms with van der Waals surface area (Å²) in [4.78, 5) is 31.2. The number of hydrogen-bond acceptors (Lipinski definition) is 7. The van der Waals surface area contributed by atoms with E-state index in [1.54, 1.807) is 22.8 Å². The van der Waals surface area contributed by atoms with Crippen LogP contribution in [-0.2, 0) is 6.42 Å². The van der Waals surface area contributed by atoms with Crippen molar-refractivity contribution in [2.75, 3.05) is 11.1 Å². The van der Waals surface area contributed by atoms with E-state index in [4.69, 9.17) is 22.3 Å². The Morgan fingerprint density at radius 2 is 1.93 bits per heavy atom. The van der Waals surface area contributed by atoms with E-state index in [9.17, 15) is 9.18 Å². The molecule has 0 bridgehead atoms. The zero-order valence-electron chi connectivity index (χ0n) is 22.5. The largest absolute Gasteiger partial charge is 0.382 e. The SMILES string of the molecule is CCCCc1cccc(-n2c(C(C)Nc3ncnc(N)c3C#Cc3ccc(F)cn3)nc3cccc(Cl)c3c2=O)c1. The van der Waals surface area contributed by atoms with Gasteiger partial charge < -0.3 is 11.1 Å². The first kappa shape index (κ1) is 27.7. The van der Waals surface area contributed by atoms with Crippen molar-refractivity contribution in [2.24, 2.45) is 0 Å². The van der Waals surface area contributed by atoms with Gasteiger partial charge in [-0.15, -0.1) is 0 Å². The van der Waals surface area contributed by atoms with Crippen LogP contribution in [0.15, 0.2) is 71.9 Å². The van der Waals surface area contributed by atoms with Crippen LogP contribution in [0.25, 0.3) is 16.6 Å². The van der Waals surface area contributed by atoms with Crippen molar-refractivity contribution in [3.63, 3.8) is 0 Å². The topological polar surface area (TPSA) is 112 Å². The highest BCUT2D eigenvalue weighted by Crippen LogP contribution is 2.26. The summed E-state index contributed by atoms with van der Waals surface area (Å²) in [5, 5.41) is 3.98. The van der Waals surface area contributed by atoms with Crippen molar-refractivity contribution in [2.45, 2.75) is 39.2 Å².